The van der Waals surface area contributed by atoms with E-state index in [1.807, 2.05) is 6.92 Å². The summed E-state index contributed by atoms with van der Waals surface area (Å²) in [6, 6.07) is 0. The van der Waals surface area contributed by atoms with Crippen LogP contribution in [0.15, 0.2) is 4.47 Å². The highest BCUT2D eigenvalue weighted by atomic mass is 79.9. The molecule has 2 heterocycles. The summed E-state index contributed by atoms with van der Waals surface area (Å²) in [6.07, 6.45) is -0.527. The van der Waals surface area contributed by atoms with Crippen molar-refractivity contribution in [3.8, 4) is 0 Å². The van der Waals surface area contributed by atoms with Gasteiger partial charge in [0.05, 0.1) is 27.2 Å². The molecule has 0 saturated heterocycles. The molecule has 3 N–H and O–H groups in total. The number of thiophene rings is 1. The van der Waals surface area contributed by atoms with Crippen LogP contribution in [0.5, 0.6) is 0 Å². The quantitative estimate of drug-likeness (QED) is 0.484. The van der Waals surface area contributed by atoms with Crippen molar-refractivity contribution >= 4 is 50.1 Å². The van der Waals surface area contributed by atoms with E-state index in [9.17, 15) is 23.2 Å². The molecule has 2 amide bonds. The molecule has 2 aromatic heterocycles. The number of aromatic nitrogens is 2. The minimum atomic E-state index is -2.78. The van der Waals surface area contributed by atoms with Gasteiger partial charge in [0.15, 0.2) is 0 Å². The molecule has 1 aliphatic carbocycles. The second kappa shape index (κ2) is 9.43. The topological polar surface area (TPSA) is 116 Å². The largest absolute Gasteiger partial charge is 0.462 e. The average molecular weight is 519 g/mol. The fraction of sp³-hybridized carbons (Fsp3) is 0.474. The van der Waals surface area contributed by atoms with Gasteiger partial charge in [-0.1, -0.05) is 6.92 Å². The van der Waals surface area contributed by atoms with E-state index in [0.29, 0.717) is 17.7 Å². The van der Waals surface area contributed by atoms with Gasteiger partial charge in [0.2, 0.25) is 5.91 Å². The second-order valence-electron chi connectivity index (χ2n) is 7.13. The van der Waals surface area contributed by atoms with Crippen molar-refractivity contribution in [2.24, 2.45) is 5.73 Å². The maximum atomic E-state index is 13.3. The van der Waals surface area contributed by atoms with E-state index in [2.05, 4.69) is 26.3 Å². The van der Waals surface area contributed by atoms with E-state index < -0.39 is 29.9 Å². The van der Waals surface area contributed by atoms with Crippen molar-refractivity contribution in [2.45, 2.75) is 52.0 Å². The molecule has 3 rings (SSSR count). The molecule has 0 unspecified atom stereocenters. The highest BCUT2D eigenvalue weighted by Crippen LogP contribution is 2.45. The molecule has 0 aromatic carbocycles. The zero-order chi connectivity index (χ0) is 22.9. The van der Waals surface area contributed by atoms with Gasteiger partial charge < -0.3 is 15.8 Å². The van der Waals surface area contributed by atoms with Crippen LogP contribution in [0.3, 0.4) is 0 Å². The first-order chi connectivity index (χ1) is 14.6. The molecule has 8 nitrogen and oxygen atoms in total. The van der Waals surface area contributed by atoms with Gasteiger partial charge in [-0.25, -0.2) is 13.6 Å². The molecule has 1 saturated carbocycles. The first kappa shape index (κ1) is 23.3. The SMILES string of the molecule is CCCOC(=O)c1c(NC(=O)Cn2nc(C(F)F)c(Br)c2C2CC2)sc(C(N)=O)c1C. The summed E-state index contributed by atoms with van der Waals surface area (Å²) >= 11 is 4.04. The summed E-state index contributed by atoms with van der Waals surface area (Å²) in [7, 11) is 0. The van der Waals surface area contributed by atoms with Crippen molar-refractivity contribution in [1.29, 1.82) is 0 Å². The molecular weight excluding hydrogens is 498 g/mol. The van der Waals surface area contributed by atoms with E-state index in [1.165, 1.54) is 4.68 Å². The van der Waals surface area contributed by atoms with Crippen LogP contribution >= 0.6 is 27.3 Å². The molecule has 0 aliphatic heterocycles. The van der Waals surface area contributed by atoms with E-state index in [4.69, 9.17) is 10.5 Å². The van der Waals surface area contributed by atoms with Crippen LogP contribution in [0.2, 0.25) is 0 Å². The molecule has 0 radical (unpaired) electrons. The van der Waals surface area contributed by atoms with Gasteiger partial charge in [-0.15, -0.1) is 11.3 Å². The van der Waals surface area contributed by atoms with Gasteiger partial charge in [-0.3, -0.25) is 14.3 Å². The number of nitrogens with two attached hydrogens (primary N) is 1. The highest BCUT2D eigenvalue weighted by molar-refractivity contribution is 9.10. The number of primary amides is 1. The number of hydrogen-bond acceptors (Lipinski definition) is 6. The summed E-state index contributed by atoms with van der Waals surface area (Å²) < 4.78 is 33.1. The third-order valence-corrected chi connectivity index (χ3v) is 6.72. The molecule has 0 atom stereocenters. The van der Waals surface area contributed by atoms with Crippen LogP contribution in [0, 0.1) is 6.92 Å². The highest BCUT2D eigenvalue weighted by Gasteiger charge is 2.34. The number of alkyl halides is 2. The van der Waals surface area contributed by atoms with Gasteiger partial charge in [0, 0.05) is 5.92 Å². The van der Waals surface area contributed by atoms with Gasteiger partial charge >= 0.3 is 5.97 Å². The number of nitrogens with zero attached hydrogens (tertiary/aromatic N) is 2. The van der Waals surface area contributed by atoms with Crippen molar-refractivity contribution in [3.05, 3.63) is 31.9 Å². The number of esters is 1. The second-order valence-corrected chi connectivity index (χ2v) is 8.94. The van der Waals surface area contributed by atoms with Crippen LogP contribution in [-0.4, -0.2) is 34.2 Å². The van der Waals surface area contributed by atoms with Crippen molar-refractivity contribution in [2.75, 3.05) is 11.9 Å². The zero-order valence-electron chi connectivity index (χ0n) is 16.8. The fourth-order valence-corrected chi connectivity index (χ4v) is 4.97. The Morgan fingerprint density at radius 1 is 1.39 bits per heavy atom. The number of rotatable bonds is 9. The summed E-state index contributed by atoms with van der Waals surface area (Å²) in [5.41, 5.74) is 5.88. The van der Waals surface area contributed by atoms with Gasteiger partial charge in [-0.05, 0) is 47.7 Å². The summed E-state index contributed by atoms with van der Waals surface area (Å²) in [5.74, 6) is -1.94. The number of nitrogens with one attached hydrogen (secondary N) is 1. The van der Waals surface area contributed by atoms with Crippen LogP contribution in [0.1, 0.15) is 75.5 Å². The smallest absolute Gasteiger partial charge is 0.341 e. The van der Waals surface area contributed by atoms with Gasteiger partial charge in [0.25, 0.3) is 12.3 Å². The lowest BCUT2D eigenvalue weighted by Crippen LogP contribution is -2.22. The van der Waals surface area contributed by atoms with E-state index in [1.54, 1.807) is 6.92 Å². The average Bonchev–Trinajstić information content (AvgIpc) is 3.39. The Kier molecular flexibility index (Phi) is 7.10. The van der Waals surface area contributed by atoms with Crippen molar-refractivity contribution in [1.82, 2.24) is 9.78 Å². The third-order valence-electron chi connectivity index (χ3n) is 4.69. The zero-order valence-corrected chi connectivity index (χ0v) is 19.2. The van der Waals surface area contributed by atoms with Crippen LogP contribution in [0.4, 0.5) is 13.8 Å². The summed E-state index contributed by atoms with van der Waals surface area (Å²) in [5, 5.41) is 6.60. The van der Waals surface area contributed by atoms with Crippen molar-refractivity contribution < 1.29 is 27.9 Å². The Labute approximate surface area is 189 Å². The lowest BCUT2D eigenvalue weighted by molar-refractivity contribution is -0.116. The molecule has 1 aliphatic rings. The molecule has 0 spiro atoms. The number of anilines is 1. The Balaban J connectivity index is 1.87. The molecule has 168 valence electrons. The fourth-order valence-electron chi connectivity index (χ4n) is 3.13. The number of halogens is 3. The molecule has 31 heavy (non-hydrogen) atoms. The minimum Gasteiger partial charge on any atom is -0.462 e. The predicted octanol–water partition coefficient (Wildman–Crippen LogP) is 4.13. The summed E-state index contributed by atoms with van der Waals surface area (Å²) in [4.78, 5) is 37.0. The Morgan fingerprint density at radius 2 is 2.06 bits per heavy atom. The number of amides is 2. The molecular formula is C19H21BrF2N4O4S. The first-order valence-electron chi connectivity index (χ1n) is 9.60. The maximum absolute atomic E-state index is 13.3. The van der Waals surface area contributed by atoms with E-state index in [-0.39, 0.29) is 39.0 Å². The number of carbonyl (C=O) groups excluding carboxylic acids is 3. The Hall–Kier alpha value is -2.34. The van der Waals surface area contributed by atoms with Crippen LogP contribution in [-0.2, 0) is 16.1 Å². The maximum Gasteiger partial charge on any atom is 0.341 e. The van der Waals surface area contributed by atoms with E-state index in [0.717, 1.165) is 24.2 Å². The monoisotopic (exact) mass is 518 g/mol. The van der Waals surface area contributed by atoms with Gasteiger partial charge in [-0.2, -0.15) is 5.10 Å². The van der Waals surface area contributed by atoms with Crippen LogP contribution < -0.4 is 11.1 Å². The normalized spacial score (nSPS) is 13.5. The molecule has 0 bridgehead atoms. The lowest BCUT2D eigenvalue weighted by atomic mass is 10.1. The lowest BCUT2D eigenvalue weighted by Gasteiger charge is -2.09. The van der Waals surface area contributed by atoms with Crippen molar-refractivity contribution in [3.63, 3.8) is 0 Å². The summed E-state index contributed by atoms with van der Waals surface area (Å²) in [6.45, 7) is 3.22. The molecule has 2 aromatic rings. The van der Waals surface area contributed by atoms with Crippen LogP contribution in [0.25, 0.3) is 0 Å². The minimum absolute atomic E-state index is 0.0536. The first-order valence-corrected chi connectivity index (χ1v) is 11.2. The standard InChI is InChI=1S/C19H21BrF2N4O4S/c1-3-6-30-19(29)11-8(2)15(17(23)28)31-18(11)24-10(27)7-26-14(9-4-5-9)12(20)13(25-26)16(21)22/h9,16H,3-7H2,1-2H3,(H2,23,28)(H,24,27). The third kappa shape index (κ3) is 4.95. The Morgan fingerprint density at radius 3 is 2.61 bits per heavy atom. The molecule has 1 fully saturated rings. The predicted molar refractivity (Wildman–Crippen MR) is 114 cm³/mol. The Bertz CT molecular complexity index is 1030. The number of ether oxygens (including phenoxy) is 1. The van der Waals surface area contributed by atoms with E-state index >= 15 is 0 Å². The number of hydrogen-bond donors (Lipinski definition) is 2. The molecule has 12 heteroatoms. The number of carbonyl (C=O) groups is 3. The van der Waals surface area contributed by atoms with Gasteiger partial charge in [0.1, 0.15) is 17.2 Å².